The molecule has 1 aliphatic heterocycles. The van der Waals surface area contributed by atoms with Crippen LogP contribution in [0.1, 0.15) is 18.9 Å². The first-order chi connectivity index (χ1) is 7.81. The molecule has 0 spiro atoms. The molecule has 1 aromatic rings. The summed E-state index contributed by atoms with van der Waals surface area (Å²) in [6, 6.07) is 6.11. The van der Waals surface area contributed by atoms with Gasteiger partial charge in [0.05, 0.1) is 0 Å². The number of benzene rings is 1. The van der Waals surface area contributed by atoms with Crippen molar-refractivity contribution in [3.8, 4) is 11.5 Å². The SMILES string of the molecule is C/C(=C\CCBr)c1ccc2c(c1)OCCO2. The molecular weight excluding hydrogens is 268 g/mol. The molecular formula is C13H15BrO2. The fourth-order valence-electron chi connectivity index (χ4n) is 1.68. The quantitative estimate of drug-likeness (QED) is 0.788. The Hall–Kier alpha value is -0.960. The smallest absolute Gasteiger partial charge is 0.161 e. The van der Waals surface area contributed by atoms with E-state index in [1.807, 2.05) is 6.07 Å². The second-order valence-corrected chi connectivity index (χ2v) is 4.52. The lowest BCUT2D eigenvalue weighted by Crippen LogP contribution is -2.15. The van der Waals surface area contributed by atoms with Crippen LogP contribution in [0.25, 0.3) is 5.57 Å². The monoisotopic (exact) mass is 282 g/mol. The zero-order valence-electron chi connectivity index (χ0n) is 9.33. The van der Waals surface area contributed by atoms with E-state index in [4.69, 9.17) is 9.47 Å². The van der Waals surface area contributed by atoms with Gasteiger partial charge in [0.25, 0.3) is 0 Å². The molecule has 1 aliphatic rings. The highest BCUT2D eigenvalue weighted by molar-refractivity contribution is 9.09. The molecule has 3 heteroatoms. The summed E-state index contributed by atoms with van der Waals surface area (Å²) in [6.45, 7) is 3.40. The third-order valence-electron chi connectivity index (χ3n) is 2.56. The topological polar surface area (TPSA) is 18.5 Å². The lowest BCUT2D eigenvalue weighted by Gasteiger charge is -2.19. The lowest BCUT2D eigenvalue weighted by atomic mass is 10.1. The molecule has 0 unspecified atom stereocenters. The van der Waals surface area contributed by atoms with Gasteiger partial charge >= 0.3 is 0 Å². The zero-order valence-corrected chi connectivity index (χ0v) is 10.9. The molecule has 1 aromatic carbocycles. The van der Waals surface area contributed by atoms with E-state index >= 15 is 0 Å². The van der Waals surface area contributed by atoms with Gasteiger partial charge in [-0.1, -0.05) is 28.1 Å². The molecule has 0 saturated carbocycles. The summed E-state index contributed by atoms with van der Waals surface area (Å²) in [5.74, 6) is 1.71. The van der Waals surface area contributed by atoms with E-state index in [0.29, 0.717) is 13.2 Å². The van der Waals surface area contributed by atoms with Crippen LogP contribution in [0.5, 0.6) is 11.5 Å². The Morgan fingerprint density at radius 3 is 2.81 bits per heavy atom. The van der Waals surface area contributed by atoms with Crippen molar-refractivity contribution in [2.75, 3.05) is 18.5 Å². The zero-order chi connectivity index (χ0) is 11.4. The van der Waals surface area contributed by atoms with Crippen LogP contribution < -0.4 is 9.47 Å². The van der Waals surface area contributed by atoms with Gasteiger partial charge in [-0.05, 0) is 36.6 Å². The van der Waals surface area contributed by atoms with Crippen molar-refractivity contribution in [3.05, 3.63) is 29.8 Å². The second kappa shape index (κ2) is 5.39. The van der Waals surface area contributed by atoms with Gasteiger partial charge < -0.3 is 9.47 Å². The van der Waals surface area contributed by atoms with Gasteiger partial charge in [-0.3, -0.25) is 0 Å². The summed E-state index contributed by atoms with van der Waals surface area (Å²) >= 11 is 3.42. The van der Waals surface area contributed by atoms with Gasteiger partial charge in [-0.25, -0.2) is 0 Å². The maximum absolute atomic E-state index is 5.56. The average Bonchev–Trinajstić information content (AvgIpc) is 2.35. The van der Waals surface area contributed by atoms with Crippen molar-refractivity contribution in [2.24, 2.45) is 0 Å². The van der Waals surface area contributed by atoms with Crippen molar-refractivity contribution in [1.82, 2.24) is 0 Å². The largest absolute Gasteiger partial charge is 0.486 e. The van der Waals surface area contributed by atoms with Crippen LogP contribution in [0.4, 0.5) is 0 Å². The van der Waals surface area contributed by atoms with Gasteiger partial charge in [-0.15, -0.1) is 0 Å². The van der Waals surface area contributed by atoms with Crippen molar-refractivity contribution in [3.63, 3.8) is 0 Å². The third-order valence-corrected chi connectivity index (χ3v) is 3.01. The third kappa shape index (κ3) is 2.59. The van der Waals surface area contributed by atoms with Crippen molar-refractivity contribution < 1.29 is 9.47 Å². The van der Waals surface area contributed by atoms with Gasteiger partial charge in [0, 0.05) is 5.33 Å². The van der Waals surface area contributed by atoms with Crippen molar-refractivity contribution in [2.45, 2.75) is 13.3 Å². The number of rotatable bonds is 3. The summed E-state index contributed by atoms with van der Waals surface area (Å²) in [5.41, 5.74) is 2.47. The summed E-state index contributed by atoms with van der Waals surface area (Å²) in [5, 5.41) is 0.995. The Morgan fingerprint density at radius 2 is 2.06 bits per heavy atom. The number of hydrogen-bond acceptors (Lipinski definition) is 2. The molecule has 0 atom stereocenters. The van der Waals surface area contributed by atoms with Gasteiger partial charge in [0.2, 0.25) is 0 Å². The van der Waals surface area contributed by atoms with Crippen LogP contribution in [0, 0.1) is 0 Å². The van der Waals surface area contributed by atoms with E-state index < -0.39 is 0 Å². The maximum atomic E-state index is 5.56. The lowest BCUT2D eigenvalue weighted by molar-refractivity contribution is 0.171. The Morgan fingerprint density at radius 1 is 1.31 bits per heavy atom. The van der Waals surface area contributed by atoms with Crippen LogP contribution in [-0.4, -0.2) is 18.5 Å². The molecule has 2 nitrogen and oxygen atoms in total. The molecule has 0 bridgehead atoms. The first-order valence-electron chi connectivity index (χ1n) is 5.44. The molecule has 0 aromatic heterocycles. The van der Waals surface area contributed by atoms with Crippen molar-refractivity contribution >= 4 is 21.5 Å². The number of ether oxygens (including phenoxy) is 2. The van der Waals surface area contributed by atoms with E-state index in [-0.39, 0.29) is 0 Å². The van der Waals surface area contributed by atoms with Crippen LogP contribution in [0.3, 0.4) is 0 Å². The highest BCUT2D eigenvalue weighted by atomic mass is 79.9. The molecule has 16 heavy (non-hydrogen) atoms. The molecule has 0 saturated heterocycles. The van der Waals surface area contributed by atoms with Gasteiger partial charge in [0.15, 0.2) is 11.5 Å². The molecule has 0 aliphatic carbocycles. The minimum Gasteiger partial charge on any atom is -0.486 e. The van der Waals surface area contributed by atoms with E-state index in [2.05, 4.69) is 41.1 Å². The molecule has 0 fully saturated rings. The first-order valence-corrected chi connectivity index (χ1v) is 6.56. The summed E-state index contributed by atoms with van der Waals surface area (Å²) in [6.07, 6.45) is 3.26. The maximum Gasteiger partial charge on any atom is 0.161 e. The number of halogens is 1. The number of alkyl halides is 1. The molecule has 0 N–H and O–H groups in total. The predicted molar refractivity (Wildman–Crippen MR) is 69.5 cm³/mol. The standard InChI is InChI=1S/C13H15BrO2/c1-10(3-2-6-14)11-4-5-12-13(9-11)16-8-7-15-12/h3-5,9H,2,6-8H2,1H3/b10-3+. The number of fused-ring (bicyclic) bond motifs is 1. The fourth-order valence-corrected chi connectivity index (χ4v) is 1.91. The van der Waals surface area contributed by atoms with E-state index in [1.165, 1.54) is 11.1 Å². The van der Waals surface area contributed by atoms with Gasteiger partial charge in [-0.2, -0.15) is 0 Å². The summed E-state index contributed by atoms with van der Waals surface area (Å²) < 4.78 is 11.0. The minimum absolute atomic E-state index is 0.639. The van der Waals surface area contributed by atoms with Crippen LogP contribution in [-0.2, 0) is 0 Å². The average molecular weight is 283 g/mol. The predicted octanol–water partition coefficient (Wildman–Crippen LogP) is 3.65. The van der Waals surface area contributed by atoms with Crippen LogP contribution >= 0.6 is 15.9 Å². The fraction of sp³-hybridized carbons (Fsp3) is 0.385. The highest BCUT2D eigenvalue weighted by Crippen LogP contribution is 2.32. The molecule has 1 heterocycles. The molecule has 86 valence electrons. The summed E-state index contributed by atoms with van der Waals surface area (Å²) in [7, 11) is 0. The molecule has 2 rings (SSSR count). The minimum atomic E-state index is 0.639. The van der Waals surface area contributed by atoms with Gasteiger partial charge in [0.1, 0.15) is 13.2 Å². The van der Waals surface area contributed by atoms with Crippen LogP contribution in [0.2, 0.25) is 0 Å². The number of hydrogen-bond donors (Lipinski definition) is 0. The Bertz CT molecular complexity index is 399. The first kappa shape index (κ1) is 11.5. The Kier molecular flexibility index (Phi) is 3.88. The van der Waals surface area contributed by atoms with E-state index in [0.717, 1.165) is 23.2 Å². The Labute approximate surface area is 104 Å². The normalized spacial score (nSPS) is 15.0. The highest BCUT2D eigenvalue weighted by Gasteiger charge is 2.11. The summed E-state index contributed by atoms with van der Waals surface area (Å²) in [4.78, 5) is 0. The van der Waals surface area contributed by atoms with Crippen LogP contribution in [0.15, 0.2) is 24.3 Å². The van der Waals surface area contributed by atoms with E-state index in [1.54, 1.807) is 0 Å². The molecule has 0 amide bonds. The Balaban J connectivity index is 2.22. The second-order valence-electron chi connectivity index (χ2n) is 3.72. The number of allylic oxidation sites excluding steroid dienone is 2. The molecule has 0 radical (unpaired) electrons. The van der Waals surface area contributed by atoms with E-state index in [9.17, 15) is 0 Å². The van der Waals surface area contributed by atoms with Crippen molar-refractivity contribution in [1.29, 1.82) is 0 Å².